The summed E-state index contributed by atoms with van der Waals surface area (Å²) in [6.07, 6.45) is 0. The van der Waals surface area contributed by atoms with Crippen molar-refractivity contribution in [1.82, 2.24) is 5.32 Å². The molecule has 1 aliphatic heterocycles. The summed E-state index contributed by atoms with van der Waals surface area (Å²) >= 11 is 11.6. The first-order chi connectivity index (χ1) is 16.9. The van der Waals surface area contributed by atoms with Gasteiger partial charge in [-0.05, 0) is 54.7 Å². The lowest BCUT2D eigenvalue weighted by Gasteiger charge is -2.28. The number of nitrogens with zero attached hydrogens (tertiary/aromatic N) is 2. The number of morpholine rings is 1. The van der Waals surface area contributed by atoms with Gasteiger partial charge in [-0.15, -0.1) is 0 Å². The number of carbonyl (C=O) groups is 1. The van der Waals surface area contributed by atoms with E-state index in [2.05, 4.69) is 10.6 Å². The lowest BCUT2D eigenvalue weighted by atomic mass is 10.1. The van der Waals surface area contributed by atoms with Gasteiger partial charge >= 0.3 is 0 Å². The fourth-order valence-electron chi connectivity index (χ4n) is 3.62. The third-order valence-corrected chi connectivity index (χ3v) is 5.84. The van der Waals surface area contributed by atoms with E-state index in [9.17, 15) is 14.9 Å². The highest BCUT2D eigenvalue weighted by Gasteiger charge is 2.23. The maximum absolute atomic E-state index is 12.7. The van der Waals surface area contributed by atoms with Gasteiger partial charge < -0.3 is 24.5 Å². The van der Waals surface area contributed by atoms with Crippen molar-refractivity contribution in [3.8, 4) is 11.3 Å². The average molecular weight is 517 g/mol. The number of amides is 1. The number of nitrogens with one attached hydrogen (secondary N) is 2. The van der Waals surface area contributed by atoms with Crippen LogP contribution in [0.25, 0.3) is 11.3 Å². The molecule has 10 nitrogen and oxygen atoms in total. The third kappa shape index (κ3) is 5.77. The number of rotatable bonds is 6. The van der Waals surface area contributed by atoms with Gasteiger partial charge in [0.2, 0.25) is 0 Å². The Balaban J connectivity index is 1.43. The molecule has 2 heterocycles. The Morgan fingerprint density at radius 3 is 2.60 bits per heavy atom. The summed E-state index contributed by atoms with van der Waals surface area (Å²) in [7, 11) is 0. The predicted octanol–water partition coefficient (Wildman–Crippen LogP) is 3.96. The van der Waals surface area contributed by atoms with Gasteiger partial charge in [0, 0.05) is 36.0 Å². The SMILES string of the molecule is O=C(NC(=S)Nc1ccc(-c2ccc(CO)o2)c(Cl)c1)c1ccc(N2CCOCC2)c([N+](=O)[O-])c1. The monoisotopic (exact) mass is 516 g/mol. The van der Waals surface area contributed by atoms with Crippen molar-refractivity contribution < 1.29 is 24.0 Å². The second kappa shape index (κ2) is 10.8. The molecular weight excluding hydrogens is 496 g/mol. The Morgan fingerprint density at radius 2 is 1.94 bits per heavy atom. The highest BCUT2D eigenvalue weighted by molar-refractivity contribution is 7.80. The molecule has 4 rings (SSSR count). The average Bonchev–Trinajstić information content (AvgIpc) is 3.33. The number of hydrogen-bond acceptors (Lipinski definition) is 8. The molecule has 1 fully saturated rings. The summed E-state index contributed by atoms with van der Waals surface area (Å²) in [5.41, 5.74) is 1.52. The number of aliphatic hydroxyl groups is 1. The van der Waals surface area contributed by atoms with E-state index in [1.165, 1.54) is 12.1 Å². The van der Waals surface area contributed by atoms with Crippen molar-refractivity contribution in [3.63, 3.8) is 0 Å². The lowest BCUT2D eigenvalue weighted by Crippen LogP contribution is -2.37. The van der Waals surface area contributed by atoms with Crippen molar-refractivity contribution in [1.29, 1.82) is 0 Å². The predicted molar refractivity (Wildman–Crippen MR) is 135 cm³/mol. The van der Waals surface area contributed by atoms with Crippen LogP contribution in [0, 0.1) is 10.1 Å². The van der Waals surface area contributed by atoms with Gasteiger partial charge in [-0.1, -0.05) is 11.6 Å². The van der Waals surface area contributed by atoms with Crippen LogP contribution in [0.15, 0.2) is 52.9 Å². The Morgan fingerprint density at radius 1 is 1.17 bits per heavy atom. The van der Waals surface area contributed by atoms with Crippen LogP contribution in [0.2, 0.25) is 5.02 Å². The molecule has 0 radical (unpaired) electrons. The zero-order chi connectivity index (χ0) is 24.9. The summed E-state index contributed by atoms with van der Waals surface area (Å²) in [6.45, 7) is 1.81. The van der Waals surface area contributed by atoms with Crippen molar-refractivity contribution >= 4 is 51.9 Å². The van der Waals surface area contributed by atoms with E-state index >= 15 is 0 Å². The number of thiocarbonyl (C=S) groups is 1. The zero-order valence-electron chi connectivity index (χ0n) is 18.3. The Kier molecular flexibility index (Phi) is 7.61. The maximum atomic E-state index is 12.7. The van der Waals surface area contributed by atoms with Crippen molar-refractivity contribution in [3.05, 3.63) is 75.0 Å². The first-order valence-electron chi connectivity index (χ1n) is 10.6. The molecule has 0 spiro atoms. The van der Waals surface area contributed by atoms with Crippen molar-refractivity contribution in [2.75, 3.05) is 36.5 Å². The van der Waals surface area contributed by atoms with Gasteiger partial charge in [-0.2, -0.15) is 0 Å². The summed E-state index contributed by atoms with van der Waals surface area (Å²) in [5.74, 6) is 0.331. The van der Waals surface area contributed by atoms with E-state index in [0.717, 1.165) is 0 Å². The lowest BCUT2D eigenvalue weighted by molar-refractivity contribution is -0.384. The fourth-order valence-corrected chi connectivity index (χ4v) is 4.10. The molecule has 1 amide bonds. The molecule has 0 bridgehead atoms. The van der Waals surface area contributed by atoms with E-state index in [0.29, 0.717) is 59.8 Å². The normalized spacial score (nSPS) is 13.4. The molecule has 1 aromatic heterocycles. The minimum Gasteiger partial charge on any atom is -0.459 e. The highest BCUT2D eigenvalue weighted by Crippen LogP contribution is 2.32. The summed E-state index contributed by atoms with van der Waals surface area (Å²) in [5, 5.41) is 26.5. The van der Waals surface area contributed by atoms with Crippen LogP contribution < -0.4 is 15.5 Å². The number of nitro benzene ring substituents is 1. The number of aliphatic hydroxyl groups excluding tert-OH is 1. The van der Waals surface area contributed by atoms with Crippen LogP contribution in [0.4, 0.5) is 17.1 Å². The quantitative estimate of drug-likeness (QED) is 0.253. The van der Waals surface area contributed by atoms with Crippen LogP contribution in [0.5, 0.6) is 0 Å². The topological polar surface area (TPSA) is 130 Å². The number of halogens is 1. The molecule has 1 saturated heterocycles. The second-order valence-corrected chi connectivity index (χ2v) is 8.40. The van der Waals surface area contributed by atoms with Gasteiger partial charge in [0.15, 0.2) is 5.11 Å². The minimum absolute atomic E-state index is 0.000657. The van der Waals surface area contributed by atoms with Crippen molar-refractivity contribution in [2.24, 2.45) is 0 Å². The smallest absolute Gasteiger partial charge is 0.293 e. The molecule has 3 N–H and O–H groups in total. The van der Waals surface area contributed by atoms with Crippen LogP contribution >= 0.6 is 23.8 Å². The number of hydrogen-bond donors (Lipinski definition) is 3. The Labute approximate surface area is 210 Å². The van der Waals surface area contributed by atoms with Gasteiger partial charge in [-0.25, -0.2) is 0 Å². The van der Waals surface area contributed by atoms with Crippen LogP contribution in [0.3, 0.4) is 0 Å². The number of nitro groups is 1. The Hall–Kier alpha value is -3.51. The molecule has 0 atom stereocenters. The first-order valence-corrected chi connectivity index (χ1v) is 11.4. The van der Waals surface area contributed by atoms with Crippen LogP contribution in [-0.2, 0) is 11.3 Å². The molecule has 3 aromatic rings. The minimum atomic E-state index is -0.589. The highest BCUT2D eigenvalue weighted by atomic mass is 35.5. The number of ether oxygens (including phenoxy) is 1. The number of carbonyl (C=O) groups excluding carboxylic acids is 1. The molecule has 35 heavy (non-hydrogen) atoms. The Bertz CT molecular complexity index is 1270. The summed E-state index contributed by atoms with van der Waals surface area (Å²) in [4.78, 5) is 25.7. The molecule has 0 unspecified atom stereocenters. The van der Waals surface area contributed by atoms with Gasteiger partial charge in [0.05, 0.1) is 23.2 Å². The molecule has 182 valence electrons. The summed E-state index contributed by atoms with van der Waals surface area (Å²) < 4.78 is 10.8. The zero-order valence-corrected chi connectivity index (χ0v) is 19.9. The van der Waals surface area contributed by atoms with Gasteiger partial charge in [0.25, 0.3) is 11.6 Å². The summed E-state index contributed by atoms with van der Waals surface area (Å²) in [6, 6.07) is 12.7. The maximum Gasteiger partial charge on any atom is 0.293 e. The van der Waals surface area contributed by atoms with E-state index in [-0.39, 0.29) is 23.0 Å². The van der Waals surface area contributed by atoms with Gasteiger partial charge in [0.1, 0.15) is 23.8 Å². The molecule has 1 aliphatic rings. The van der Waals surface area contributed by atoms with E-state index < -0.39 is 10.8 Å². The fraction of sp³-hybridized carbons (Fsp3) is 0.217. The van der Waals surface area contributed by atoms with E-state index in [1.807, 2.05) is 4.90 Å². The van der Waals surface area contributed by atoms with E-state index in [1.54, 1.807) is 36.4 Å². The largest absolute Gasteiger partial charge is 0.459 e. The van der Waals surface area contributed by atoms with Gasteiger partial charge in [-0.3, -0.25) is 20.2 Å². The molecular formula is C23H21ClN4O6S. The molecule has 2 aromatic carbocycles. The third-order valence-electron chi connectivity index (χ3n) is 5.32. The van der Waals surface area contributed by atoms with Crippen LogP contribution in [0.1, 0.15) is 16.1 Å². The van der Waals surface area contributed by atoms with E-state index in [4.69, 9.17) is 38.1 Å². The first kappa shape index (κ1) is 24.6. The molecule has 12 heteroatoms. The number of benzene rings is 2. The number of anilines is 2. The number of furan rings is 1. The van der Waals surface area contributed by atoms with Crippen LogP contribution in [-0.4, -0.2) is 47.4 Å². The second-order valence-electron chi connectivity index (χ2n) is 7.59. The van der Waals surface area contributed by atoms with Crippen molar-refractivity contribution in [2.45, 2.75) is 6.61 Å². The standard InChI is InChI=1S/C23H21ClN4O6S/c24-18-12-15(2-4-17(18)21-6-3-16(13-29)34-21)25-23(35)26-22(30)14-1-5-19(20(11-14)28(31)32)27-7-9-33-10-8-27/h1-6,11-12,29H,7-10,13H2,(H2,25,26,30,35). The molecule has 0 aliphatic carbocycles. The molecule has 0 saturated carbocycles.